The summed E-state index contributed by atoms with van der Waals surface area (Å²) < 4.78 is 5.65. The molecule has 4 atom stereocenters. The topological polar surface area (TPSA) is 70.1 Å². The van der Waals surface area contributed by atoms with Crippen LogP contribution in [0.1, 0.15) is 33.6 Å². The zero-order valence-corrected chi connectivity index (χ0v) is 13.1. The third kappa shape index (κ3) is 4.17. The molecule has 1 N–H and O–H groups in total. The van der Waals surface area contributed by atoms with Crippen molar-refractivity contribution in [1.82, 2.24) is 9.80 Å². The highest BCUT2D eigenvalue weighted by molar-refractivity contribution is 5.78. The third-order valence-electron chi connectivity index (χ3n) is 4.47. The molecule has 6 heteroatoms. The molecule has 0 aromatic heterocycles. The molecule has 0 aliphatic carbocycles. The number of carboxylic acids is 1. The van der Waals surface area contributed by atoms with Crippen LogP contribution in [0.4, 0.5) is 0 Å². The van der Waals surface area contributed by atoms with Crippen molar-refractivity contribution in [3.8, 4) is 0 Å². The van der Waals surface area contributed by atoms with E-state index in [0.717, 1.165) is 0 Å². The van der Waals surface area contributed by atoms with Crippen molar-refractivity contribution >= 4 is 11.9 Å². The van der Waals surface area contributed by atoms with Gasteiger partial charge in [-0.3, -0.25) is 14.5 Å². The van der Waals surface area contributed by atoms with Crippen molar-refractivity contribution in [1.29, 1.82) is 0 Å². The lowest BCUT2D eigenvalue weighted by Crippen LogP contribution is -2.53. The van der Waals surface area contributed by atoms with Crippen LogP contribution in [0.25, 0.3) is 0 Å². The quantitative estimate of drug-likeness (QED) is 0.835. The molecule has 2 fully saturated rings. The highest BCUT2D eigenvalue weighted by Crippen LogP contribution is 2.23. The molecule has 0 aromatic carbocycles. The minimum Gasteiger partial charge on any atom is -0.481 e. The Labute approximate surface area is 126 Å². The molecule has 0 radical (unpaired) electrons. The van der Waals surface area contributed by atoms with Gasteiger partial charge < -0.3 is 14.7 Å². The fourth-order valence-corrected chi connectivity index (χ4v) is 3.34. The second-order valence-corrected chi connectivity index (χ2v) is 6.44. The number of hydrogen-bond donors (Lipinski definition) is 1. The molecule has 21 heavy (non-hydrogen) atoms. The minimum absolute atomic E-state index is 0.0767. The number of aliphatic carboxylic acids is 1. The summed E-state index contributed by atoms with van der Waals surface area (Å²) in [6.07, 6.45) is 1.40. The van der Waals surface area contributed by atoms with E-state index in [-0.39, 0.29) is 30.1 Å². The Morgan fingerprint density at radius 3 is 2.33 bits per heavy atom. The summed E-state index contributed by atoms with van der Waals surface area (Å²) >= 11 is 0. The minimum atomic E-state index is -0.719. The highest BCUT2D eigenvalue weighted by atomic mass is 16.5. The van der Waals surface area contributed by atoms with Crippen molar-refractivity contribution in [2.45, 2.75) is 51.9 Å². The zero-order valence-electron chi connectivity index (χ0n) is 13.1. The predicted molar refractivity (Wildman–Crippen MR) is 78.0 cm³/mol. The van der Waals surface area contributed by atoms with E-state index in [1.54, 1.807) is 0 Å². The Morgan fingerprint density at radius 1 is 1.19 bits per heavy atom. The Bertz CT molecular complexity index is 391. The first-order valence-electron chi connectivity index (χ1n) is 7.77. The van der Waals surface area contributed by atoms with Crippen LogP contribution in [-0.4, -0.2) is 71.2 Å². The number of carbonyl (C=O) groups is 2. The number of nitrogens with zero attached hydrogens (tertiary/aromatic N) is 2. The molecule has 6 nitrogen and oxygen atoms in total. The van der Waals surface area contributed by atoms with Gasteiger partial charge in [-0.2, -0.15) is 0 Å². The van der Waals surface area contributed by atoms with E-state index in [0.29, 0.717) is 39.0 Å². The number of carbonyl (C=O) groups excluding carboxylic acids is 1. The van der Waals surface area contributed by atoms with Crippen LogP contribution < -0.4 is 0 Å². The number of hydrogen-bond acceptors (Lipinski definition) is 4. The molecular weight excluding hydrogens is 272 g/mol. The first-order valence-corrected chi connectivity index (χ1v) is 7.77. The molecule has 4 unspecified atom stereocenters. The molecule has 2 aliphatic heterocycles. The van der Waals surface area contributed by atoms with Crippen LogP contribution in [0.2, 0.25) is 0 Å². The van der Waals surface area contributed by atoms with Crippen molar-refractivity contribution in [3.63, 3.8) is 0 Å². The molecule has 0 saturated carbocycles. The maximum atomic E-state index is 12.4. The average Bonchev–Trinajstić information content (AvgIpc) is 2.39. The smallest absolute Gasteiger partial charge is 0.306 e. The van der Waals surface area contributed by atoms with E-state index in [9.17, 15) is 9.59 Å². The number of carboxylic acid groups (broad SMARTS) is 1. The van der Waals surface area contributed by atoms with Gasteiger partial charge in [0.2, 0.25) is 5.91 Å². The van der Waals surface area contributed by atoms with Crippen LogP contribution >= 0.6 is 0 Å². The Balaban J connectivity index is 1.87. The number of rotatable bonds is 3. The largest absolute Gasteiger partial charge is 0.481 e. The summed E-state index contributed by atoms with van der Waals surface area (Å²) in [5, 5.41) is 9.08. The lowest BCUT2D eigenvalue weighted by Gasteiger charge is -2.39. The summed E-state index contributed by atoms with van der Waals surface area (Å²) in [7, 11) is 0. The van der Waals surface area contributed by atoms with E-state index in [4.69, 9.17) is 9.84 Å². The monoisotopic (exact) mass is 298 g/mol. The SMILES string of the molecule is CC1CN(C(=O)CN2CCC(C(=O)O)CC2C)CC(C)O1. The summed E-state index contributed by atoms with van der Waals surface area (Å²) in [6.45, 7) is 8.32. The second-order valence-electron chi connectivity index (χ2n) is 6.44. The molecule has 120 valence electrons. The van der Waals surface area contributed by atoms with Crippen LogP contribution in [0.15, 0.2) is 0 Å². The van der Waals surface area contributed by atoms with Gasteiger partial charge in [0.15, 0.2) is 0 Å². The molecule has 2 aliphatic rings. The fourth-order valence-electron chi connectivity index (χ4n) is 3.34. The predicted octanol–water partition coefficient (Wildman–Crippen LogP) is 0.807. The van der Waals surface area contributed by atoms with Crippen molar-refractivity contribution < 1.29 is 19.4 Å². The van der Waals surface area contributed by atoms with E-state index < -0.39 is 5.97 Å². The Hall–Kier alpha value is -1.14. The first kappa shape index (κ1) is 16.2. The van der Waals surface area contributed by atoms with E-state index in [1.165, 1.54) is 0 Å². The van der Waals surface area contributed by atoms with Gasteiger partial charge in [-0.15, -0.1) is 0 Å². The first-order chi connectivity index (χ1) is 9.86. The van der Waals surface area contributed by atoms with Gasteiger partial charge in [0.1, 0.15) is 0 Å². The third-order valence-corrected chi connectivity index (χ3v) is 4.47. The van der Waals surface area contributed by atoms with Gasteiger partial charge in [0.05, 0.1) is 24.7 Å². The van der Waals surface area contributed by atoms with Crippen molar-refractivity contribution in [2.24, 2.45) is 5.92 Å². The maximum Gasteiger partial charge on any atom is 0.306 e. The van der Waals surface area contributed by atoms with E-state index in [1.807, 2.05) is 25.7 Å². The average molecular weight is 298 g/mol. The summed E-state index contributed by atoms with van der Waals surface area (Å²) in [6, 6.07) is 0.139. The van der Waals surface area contributed by atoms with Crippen LogP contribution in [0, 0.1) is 5.92 Å². The molecule has 0 spiro atoms. The van der Waals surface area contributed by atoms with Gasteiger partial charge in [-0.05, 0) is 40.2 Å². The van der Waals surface area contributed by atoms with Gasteiger partial charge in [-0.1, -0.05) is 0 Å². The lowest BCUT2D eigenvalue weighted by molar-refractivity contribution is -0.147. The number of amides is 1. The lowest BCUT2D eigenvalue weighted by atomic mass is 9.92. The molecule has 2 saturated heterocycles. The number of likely N-dealkylation sites (tertiary alicyclic amines) is 1. The van der Waals surface area contributed by atoms with Crippen molar-refractivity contribution in [2.75, 3.05) is 26.2 Å². The number of piperidine rings is 1. The Kier molecular flexibility index (Phi) is 5.22. The van der Waals surface area contributed by atoms with E-state index in [2.05, 4.69) is 4.90 Å². The summed E-state index contributed by atoms with van der Waals surface area (Å²) in [5.41, 5.74) is 0. The number of ether oxygens (including phenoxy) is 1. The molecule has 2 rings (SSSR count). The Morgan fingerprint density at radius 2 is 1.81 bits per heavy atom. The molecule has 2 heterocycles. The van der Waals surface area contributed by atoms with Gasteiger partial charge in [0, 0.05) is 19.1 Å². The van der Waals surface area contributed by atoms with Gasteiger partial charge >= 0.3 is 5.97 Å². The van der Waals surface area contributed by atoms with E-state index >= 15 is 0 Å². The number of morpholine rings is 1. The molecule has 1 amide bonds. The van der Waals surface area contributed by atoms with Crippen LogP contribution in [-0.2, 0) is 14.3 Å². The summed E-state index contributed by atoms with van der Waals surface area (Å²) in [5.74, 6) is -0.865. The summed E-state index contributed by atoms with van der Waals surface area (Å²) in [4.78, 5) is 27.4. The normalized spacial score (nSPS) is 34.7. The molecular formula is C15H26N2O4. The second kappa shape index (κ2) is 6.75. The van der Waals surface area contributed by atoms with Crippen LogP contribution in [0.5, 0.6) is 0 Å². The fraction of sp³-hybridized carbons (Fsp3) is 0.867. The van der Waals surface area contributed by atoms with Crippen LogP contribution in [0.3, 0.4) is 0 Å². The zero-order chi connectivity index (χ0) is 15.6. The standard InChI is InChI=1S/C15H26N2O4/c1-10-6-13(15(19)20)4-5-16(10)9-14(18)17-7-11(2)21-12(3)8-17/h10-13H,4-9H2,1-3H3,(H,19,20). The molecule has 0 aromatic rings. The van der Waals surface area contributed by atoms with Crippen molar-refractivity contribution in [3.05, 3.63) is 0 Å². The van der Waals surface area contributed by atoms with Gasteiger partial charge in [-0.25, -0.2) is 0 Å². The van der Waals surface area contributed by atoms with Gasteiger partial charge in [0.25, 0.3) is 0 Å². The maximum absolute atomic E-state index is 12.4. The highest BCUT2D eigenvalue weighted by Gasteiger charge is 2.32. The molecule has 0 bridgehead atoms.